The zero-order valence-electron chi connectivity index (χ0n) is 11.4. The van der Waals surface area contributed by atoms with Crippen molar-refractivity contribution in [2.24, 2.45) is 5.92 Å². The first-order chi connectivity index (χ1) is 8.38. The molecule has 100 valence electrons. The van der Waals surface area contributed by atoms with E-state index in [0.29, 0.717) is 0 Å². The molecule has 0 aromatic rings. The second-order valence-corrected chi connectivity index (χ2v) is 5.72. The lowest BCUT2D eigenvalue weighted by molar-refractivity contribution is 0.192. The second kappa shape index (κ2) is 7.34. The van der Waals surface area contributed by atoms with E-state index >= 15 is 0 Å². The number of hydrogen-bond acceptors (Lipinski definition) is 3. The molecule has 3 nitrogen and oxygen atoms in total. The molecule has 0 atom stereocenters. The highest BCUT2D eigenvalue weighted by Gasteiger charge is 2.19. The Morgan fingerprint density at radius 3 is 2.47 bits per heavy atom. The maximum Gasteiger partial charge on any atom is 0.00915 e. The van der Waals surface area contributed by atoms with Gasteiger partial charge in [-0.15, -0.1) is 0 Å². The van der Waals surface area contributed by atoms with Crippen LogP contribution in [0.3, 0.4) is 0 Å². The number of likely N-dealkylation sites (tertiary alicyclic amines) is 1. The molecule has 3 heteroatoms. The summed E-state index contributed by atoms with van der Waals surface area (Å²) >= 11 is 0. The third-order valence-electron chi connectivity index (χ3n) is 4.28. The summed E-state index contributed by atoms with van der Waals surface area (Å²) in [6.07, 6.45) is 6.73. The van der Waals surface area contributed by atoms with Crippen LogP contribution in [0.2, 0.25) is 0 Å². The topological polar surface area (TPSA) is 27.3 Å². The highest BCUT2D eigenvalue weighted by atomic mass is 15.1. The predicted molar refractivity (Wildman–Crippen MR) is 73.3 cm³/mol. The summed E-state index contributed by atoms with van der Waals surface area (Å²) in [5.74, 6) is 0.921. The molecule has 0 radical (unpaired) electrons. The Morgan fingerprint density at radius 1 is 1.12 bits per heavy atom. The minimum atomic E-state index is 0.790. The molecule has 0 aromatic carbocycles. The van der Waals surface area contributed by atoms with Gasteiger partial charge in [0.2, 0.25) is 0 Å². The minimum Gasteiger partial charge on any atom is -0.317 e. The van der Waals surface area contributed by atoms with Crippen LogP contribution in [0, 0.1) is 5.92 Å². The average Bonchev–Trinajstić information content (AvgIpc) is 2.40. The molecular formula is C14H29N3. The van der Waals surface area contributed by atoms with Gasteiger partial charge in [0, 0.05) is 6.04 Å². The fourth-order valence-electron chi connectivity index (χ4n) is 3.10. The van der Waals surface area contributed by atoms with Crippen LogP contribution in [-0.2, 0) is 0 Å². The van der Waals surface area contributed by atoms with E-state index in [1.165, 1.54) is 71.4 Å². The SMILES string of the molecule is CCCN1CCC(NCC2CCNCC2)CC1. The van der Waals surface area contributed by atoms with Crippen molar-refractivity contribution in [1.82, 2.24) is 15.5 Å². The summed E-state index contributed by atoms with van der Waals surface area (Å²) in [6, 6.07) is 0.790. The summed E-state index contributed by atoms with van der Waals surface area (Å²) < 4.78 is 0. The molecule has 2 N–H and O–H groups in total. The second-order valence-electron chi connectivity index (χ2n) is 5.72. The maximum absolute atomic E-state index is 3.80. The normalized spacial score (nSPS) is 25.2. The molecule has 17 heavy (non-hydrogen) atoms. The lowest BCUT2D eigenvalue weighted by atomic mass is 9.97. The van der Waals surface area contributed by atoms with E-state index < -0.39 is 0 Å². The third-order valence-corrected chi connectivity index (χ3v) is 4.28. The van der Waals surface area contributed by atoms with Crippen molar-refractivity contribution < 1.29 is 0 Å². The first-order valence-corrected chi connectivity index (χ1v) is 7.55. The standard InChI is InChI=1S/C14H29N3/c1-2-9-17-10-5-14(6-11-17)16-12-13-3-7-15-8-4-13/h13-16H,2-12H2,1H3. The largest absolute Gasteiger partial charge is 0.317 e. The highest BCUT2D eigenvalue weighted by Crippen LogP contribution is 2.14. The lowest BCUT2D eigenvalue weighted by Crippen LogP contribution is -2.45. The third kappa shape index (κ3) is 4.57. The van der Waals surface area contributed by atoms with E-state index in [4.69, 9.17) is 0 Å². The summed E-state index contributed by atoms with van der Waals surface area (Å²) in [5, 5.41) is 7.24. The molecule has 2 rings (SSSR count). The van der Waals surface area contributed by atoms with Gasteiger partial charge < -0.3 is 15.5 Å². The Kier molecular flexibility index (Phi) is 5.75. The number of rotatable bonds is 5. The van der Waals surface area contributed by atoms with Crippen LogP contribution in [0.15, 0.2) is 0 Å². The molecule has 0 saturated carbocycles. The average molecular weight is 239 g/mol. The Morgan fingerprint density at radius 2 is 1.82 bits per heavy atom. The van der Waals surface area contributed by atoms with Crippen LogP contribution in [0.5, 0.6) is 0 Å². The van der Waals surface area contributed by atoms with E-state index in [2.05, 4.69) is 22.5 Å². The molecule has 0 spiro atoms. The van der Waals surface area contributed by atoms with Gasteiger partial charge in [0.05, 0.1) is 0 Å². The molecule has 0 bridgehead atoms. The Bertz CT molecular complexity index is 194. The highest BCUT2D eigenvalue weighted by molar-refractivity contribution is 4.79. The number of hydrogen-bond donors (Lipinski definition) is 2. The Hall–Kier alpha value is -0.120. The van der Waals surface area contributed by atoms with Crippen LogP contribution in [0.4, 0.5) is 0 Å². The van der Waals surface area contributed by atoms with Crippen LogP contribution in [-0.4, -0.2) is 50.2 Å². The fourth-order valence-corrected chi connectivity index (χ4v) is 3.10. The van der Waals surface area contributed by atoms with E-state index in [0.717, 1.165) is 12.0 Å². The van der Waals surface area contributed by atoms with Crippen molar-refractivity contribution >= 4 is 0 Å². The van der Waals surface area contributed by atoms with Crippen LogP contribution < -0.4 is 10.6 Å². The van der Waals surface area contributed by atoms with Gasteiger partial charge in [-0.25, -0.2) is 0 Å². The fraction of sp³-hybridized carbons (Fsp3) is 1.00. The van der Waals surface area contributed by atoms with Gasteiger partial charge in [0.1, 0.15) is 0 Å². The molecule has 0 aromatic heterocycles. The van der Waals surface area contributed by atoms with Gasteiger partial charge in [-0.2, -0.15) is 0 Å². The van der Waals surface area contributed by atoms with Crippen LogP contribution in [0.25, 0.3) is 0 Å². The number of nitrogens with zero attached hydrogens (tertiary/aromatic N) is 1. The van der Waals surface area contributed by atoms with E-state index in [1.54, 1.807) is 0 Å². The molecule has 0 aliphatic carbocycles. The molecule has 2 aliphatic rings. The van der Waals surface area contributed by atoms with Gasteiger partial charge in [0.15, 0.2) is 0 Å². The number of nitrogens with one attached hydrogen (secondary N) is 2. The molecular weight excluding hydrogens is 210 g/mol. The smallest absolute Gasteiger partial charge is 0.00915 e. The molecule has 2 saturated heterocycles. The van der Waals surface area contributed by atoms with Gasteiger partial charge in [-0.1, -0.05) is 6.92 Å². The quantitative estimate of drug-likeness (QED) is 0.760. The molecule has 2 heterocycles. The zero-order valence-corrected chi connectivity index (χ0v) is 11.4. The van der Waals surface area contributed by atoms with Gasteiger partial charge in [0.25, 0.3) is 0 Å². The lowest BCUT2D eigenvalue weighted by Gasteiger charge is -2.33. The van der Waals surface area contributed by atoms with Gasteiger partial charge in [-0.3, -0.25) is 0 Å². The van der Waals surface area contributed by atoms with E-state index in [1.807, 2.05) is 0 Å². The Balaban J connectivity index is 1.57. The first-order valence-electron chi connectivity index (χ1n) is 7.55. The molecule has 0 amide bonds. The van der Waals surface area contributed by atoms with Crippen molar-refractivity contribution in [2.75, 3.05) is 39.3 Å². The van der Waals surface area contributed by atoms with Gasteiger partial charge >= 0.3 is 0 Å². The van der Waals surface area contributed by atoms with Gasteiger partial charge in [-0.05, 0) is 77.3 Å². The van der Waals surface area contributed by atoms with E-state index in [-0.39, 0.29) is 0 Å². The van der Waals surface area contributed by atoms with Crippen LogP contribution >= 0.6 is 0 Å². The monoisotopic (exact) mass is 239 g/mol. The summed E-state index contributed by atoms with van der Waals surface area (Å²) in [7, 11) is 0. The minimum absolute atomic E-state index is 0.790. The summed E-state index contributed by atoms with van der Waals surface area (Å²) in [4.78, 5) is 2.61. The first kappa shape index (κ1) is 13.3. The predicted octanol–water partition coefficient (Wildman–Crippen LogP) is 1.45. The van der Waals surface area contributed by atoms with E-state index in [9.17, 15) is 0 Å². The summed E-state index contributed by atoms with van der Waals surface area (Å²) in [5.41, 5.74) is 0. The van der Waals surface area contributed by atoms with Crippen molar-refractivity contribution in [2.45, 2.75) is 45.1 Å². The maximum atomic E-state index is 3.80. The summed E-state index contributed by atoms with van der Waals surface area (Å²) in [6.45, 7) is 9.88. The molecule has 2 aliphatic heterocycles. The van der Waals surface area contributed by atoms with Crippen LogP contribution in [0.1, 0.15) is 39.0 Å². The number of piperidine rings is 2. The van der Waals surface area contributed by atoms with Crippen molar-refractivity contribution in [3.8, 4) is 0 Å². The van der Waals surface area contributed by atoms with Crippen molar-refractivity contribution in [3.63, 3.8) is 0 Å². The van der Waals surface area contributed by atoms with Crippen molar-refractivity contribution in [3.05, 3.63) is 0 Å². The molecule has 2 fully saturated rings. The Labute approximate surface area is 106 Å². The zero-order chi connectivity index (χ0) is 11.9. The van der Waals surface area contributed by atoms with Crippen molar-refractivity contribution in [1.29, 1.82) is 0 Å². The molecule has 0 unspecified atom stereocenters.